The Morgan fingerprint density at radius 3 is 2.14 bits per heavy atom. The highest BCUT2D eigenvalue weighted by molar-refractivity contribution is 7.08. The molecule has 1 N–H and O–H groups in total. The fourth-order valence-corrected chi connectivity index (χ4v) is 6.52. The summed E-state index contributed by atoms with van der Waals surface area (Å²) in [6, 6.07) is 18.6. The van der Waals surface area contributed by atoms with E-state index in [4.69, 9.17) is 0 Å². The Balaban J connectivity index is 1.08. The summed E-state index contributed by atoms with van der Waals surface area (Å²) in [5.74, 6) is 0.0808. The summed E-state index contributed by atoms with van der Waals surface area (Å²) in [5, 5.41) is 7.38. The number of rotatable bonds is 3. The van der Waals surface area contributed by atoms with Gasteiger partial charge in [-0.25, -0.2) is 4.79 Å². The average Bonchev–Trinajstić information content (AvgIpc) is 3.63. The van der Waals surface area contributed by atoms with E-state index in [2.05, 4.69) is 41.7 Å². The minimum Gasteiger partial charge on any atom is -0.339 e. The molecule has 1 spiro atoms. The van der Waals surface area contributed by atoms with Crippen molar-refractivity contribution >= 4 is 29.4 Å². The number of thiophene rings is 1. The Bertz CT molecular complexity index is 1230. The molecule has 2 saturated heterocycles. The number of benzene rings is 2. The van der Waals surface area contributed by atoms with Crippen LogP contribution in [0.5, 0.6) is 0 Å². The molecule has 0 unspecified atom stereocenters. The molecule has 0 atom stereocenters. The van der Waals surface area contributed by atoms with Gasteiger partial charge < -0.3 is 15.1 Å². The van der Waals surface area contributed by atoms with E-state index in [-0.39, 0.29) is 23.4 Å². The van der Waals surface area contributed by atoms with Crippen LogP contribution in [0.25, 0.3) is 17.2 Å². The molecule has 0 saturated carbocycles. The lowest BCUT2D eigenvalue weighted by molar-refractivity contribution is -0.128. The van der Waals surface area contributed by atoms with E-state index in [1.54, 1.807) is 17.4 Å². The normalized spacial score (nSPS) is 18.7. The second kappa shape index (κ2) is 9.00. The molecule has 5 nitrogen and oxygen atoms in total. The lowest BCUT2D eigenvalue weighted by Crippen LogP contribution is -2.45. The van der Waals surface area contributed by atoms with Gasteiger partial charge in [0.15, 0.2) is 0 Å². The van der Waals surface area contributed by atoms with Crippen molar-refractivity contribution in [3.05, 3.63) is 88.1 Å². The van der Waals surface area contributed by atoms with Crippen LogP contribution in [0.4, 0.5) is 4.79 Å². The van der Waals surface area contributed by atoms with Crippen LogP contribution in [-0.4, -0.2) is 47.9 Å². The van der Waals surface area contributed by atoms with Gasteiger partial charge in [-0.1, -0.05) is 48.5 Å². The quantitative estimate of drug-likeness (QED) is 0.496. The molecule has 6 heteroatoms. The molecule has 2 aliphatic heterocycles. The highest BCUT2D eigenvalue weighted by Crippen LogP contribution is 2.44. The lowest BCUT2D eigenvalue weighted by atomic mass is 9.78. The standard InChI is InChI=1S/C29H29N3O2S/c33-26(10-9-21-11-18-35-19-21)31-15-12-29(13-16-31)14-17-32(20-29)28(34)30-27-24-7-3-1-5-22(24)23-6-2-4-8-25(23)27/h1-11,18-19,27H,12-17,20H2,(H,30,34). The second-order valence-corrected chi connectivity index (χ2v) is 10.7. The second-order valence-electron chi connectivity index (χ2n) is 9.94. The number of hydrogen-bond acceptors (Lipinski definition) is 3. The molecule has 35 heavy (non-hydrogen) atoms. The molecular weight excluding hydrogens is 454 g/mol. The first-order valence-corrected chi connectivity index (χ1v) is 13.3. The average molecular weight is 484 g/mol. The maximum Gasteiger partial charge on any atom is 0.318 e. The first-order valence-electron chi connectivity index (χ1n) is 12.3. The molecule has 2 fully saturated rings. The van der Waals surface area contributed by atoms with Gasteiger partial charge in [0.2, 0.25) is 5.91 Å². The first-order chi connectivity index (χ1) is 17.1. The summed E-state index contributed by atoms with van der Waals surface area (Å²) in [7, 11) is 0. The van der Waals surface area contributed by atoms with Crippen LogP contribution in [0.3, 0.4) is 0 Å². The molecule has 3 heterocycles. The van der Waals surface area contributed by atoms with Crippen LogP contribution >= 0.6 is 11.3 Å². The summed E-state index contributed by atoms with van der Waals surface area (Å²) >= 11 is 1.63. The number of piperidine rings is 1. The molecule has 0 radical (unpaired) electrons. The van der Waals surface area contributed by atoms with Crippen molar-refractivity contribution in [2.45, 2.75) is 25.3 Å². The largest absolute Gasteiger partial charge is 0.339 e. The van der Waals surface area contributed by atoms with E-state index < -0.39 is 0 Å². The van der Waals surface area contributed by atoms with Crippen molar-refractivity contribution in [3.63, 3.8) is 0 Å². The molecule has 178 valence electrons. The smallest absolute Gasteiger partial charge is 0.318 e. The third kappa shape index (κ3) is 4.16. The number of likely N-dealkylation sites (tertiary alicyclic amines) is 2. The SMILES string of the molecule is O=C(C=Cc1ccsc1)N1CCC2(CC1)CCN(C(=O)NC1c3ccccc3-c3ccccc31)C2. The van der Waals surface area contributed by atoms with Gasteiger partial charge in [0.05, 0.1) is 6.04 Å². The van der Waals surface area contributed by atoms with Crippen molar-refractivity contribution in [3.8, 4) is 11.1 Å². The van der Waals surface area contributed by atoms with E-state index in [9.17, 15) is 9.59 Å². The highest BCUT2D eigenvalue weighted by Gasteiger charge is 2.43. The molecule has 3 aromatic rings. The Morgan fingerprint density at radius 1 is 0.886 bits per heavy atom. The van der Waals surface area contributed by atoms with Gasteiger partial charge in [0.25, 0.3) is 0 Å². The topological polar surface area (TPSA) is 52.7 Å². The van der Waals surface area contributed by atoms with Crippen LogP contribution in [0, 0.1) is 5.41 Å². The first kappa shape index (κ1) is 22.1. The van der Waals surface area contributed by atoms with Gasteiger partial charge >= 0.3 is 6.03 Å². The Morgan fingerprint density at radius 2 is 1.51 bits per heavy atom. The van der Waals surface area contributed by atoms with E-state index in [1.165, 1.54) is 22.3 Å². The van der Waals surface area contributed by atoms with E-state index >= 15 is 0 Å². The van der Waals surface area contributed by atoms with Crippen molar-refractivity contribution in [1.29, 1.82) is 0 Å². The summed E-state index contributed by atoms with van der Waals surface area (Å²) in [5.41, 5.74) is 5.93. The third-order valence-electron chi connectivity index (χ3n) is 7.92. The number of fused-ring (bicyclic) bond motifs is 3. The summed E-state index contributed by atoms with van der Waals surface area (Å²) in [6.07, 6.45) is 6.48. The number of hydrogen-bond donors (Lipinski definition) is 1. The predicted octanol–water partition coefficient (Wildman–Crippen LogP) is 5.56. The molecule has 6 rings (SSSR count). The molecule has 2 aromatic carbocycles. The van der Waals surface area contributed by atoms with Crippen LogP contribution < -0.4 is 5.32 Å². The fourth-order valence-electron chi connectivity index (χ4n) is 5.89. The van der Waals surface area contributed by atoms with Crippen molar-refractivity contribution in [2.75, 3.05) is 26.2 Å². The van der Waals surface area contributed by atoms with Crippen molar-refractivity contribution in [1.82, 2.24) is 15.1 Å². The maximum absolute atomic E-state index is 13.4. The van der Waals surface area contributed by atoms with Gasteiger partial charge in [0.1, 0.15) is 0 Å². The minimum absolute atomic E-state index is 0.00980. The lowest BCUT2D eigenvalue weighted by Gasteiger charge is -2.39. The van der Waals surface area contributed by atoms with E-state index in [0.29, 0.717) is 0 Å². The molecule has 3 aliphatic rings. The Kier molecular flexibility index (Phi) is 5.69. The number of carbonyl (C=O) groups is 2. The third-order valence-corrected chi connectivity index (χ3v) is 8.63. The van der Waals surface area contributed by atoms with Crippen molar-refractivity contribution in [2.24, 2.45) is 5.41 Å². The Labute approximate surface area is 210 Å². The van der Waals surface area contributed by atoms with Gasteiger partial charge in [-0.2, -0.15) is 11.3 Å². The van der Waals surface area contributed by atoms with Crippen LogP contribution in [0.2, 0.25) is 0 Å². The van der Waals surface area contributed by atoms with Gasteiger partial charge in [-0.3, -0.25) is 4.79 Å². The van der Waals surface area contributed by atoms with Crippen molar-refractivity contribution < 1.29 is 9.59 Å². The van der Waals surface area contributed by atoms with Gasteiger partial charge in [0, 0.05) is 32.3 Å². The molecule has 3 amide bonds. The molecule has 0 bridgehead atoms. The van der Waals surface area contributed by atoms with E-state index in [1.807, 2.05) is 44.8 Å². The van der Waals surface area contributed by atoms with Crippen LogP contribution in [0.15, 0.2) is 71.4 Å². The monoisotopic (exact) mass is 483 g/mol. The summed E-state index contributed by atoms with van der Waals surface area (Å²) in [6.45, 7) is 3.05. The Hall–Kier alpha value is -3.38. The predicted molar refractivity (Wildman–Crippen MR) is 140 cm³/mol. The number of nitrogens with zero attached hydrogens (tertiary/aromatic N) is 2. The van der Waals surface area contributed by atoms with Gasteiger partial charge in [-0.05, 0) is 75.4 Å². The maximum atomic E-state index is 13.4. The fraction of sp³-hybridized carbons (Fsp3) is 0.310. The molecular formula is C29H29N3O2S. The zero-order valence-corrected chi connectivity index (χ0v) is 20.5. The zero-order valence-electron chi connectivity index (χ0n) is 19.7. The summed E-state index contributed by atoms with van der Waals surface area (Å²) < 4.78 is 0. The number of urea groups is 1. The highest BCUT2D eigenvalue weighted by atomic mass is 32.1. The molecule has 1 aromatic heterocycles. The molecule has 1 aliphatic carbocycles. The zero-order chi connectivity index (χ0) is 23.8. The number of carbonyl (C=O) groups excluding carboxylic acids is 2. The number of nitrogens with one attached hydrogen (secondary N) is 1. The van der Waals surface area contributed by atoms with Gasteiger partial charge in [-0.15, -0.1) is 0 Å². The number of amides is 3. The minimum atomic E-state index is -0.110. The van der Waals surface area contributed by atoms with E-state index in [0.717, 1.165) is 51.0 Å². The van der Waals surface area contributed by atoms with Crippen LogP contribution in [0.1, 0.15) is 42.0 Å². The van der Waals surface area contributed by atoms with Crippen LogP contribution in [-0.2, 0) is 4.79 Å². The summed E-state index contributed by atoms with van der Waals surface area (Å²) in [4.78, 5) is 29.9.